The number of pyridine rings is 1. The summed E-state index contributed by atoms with van der Waals surface area (Å²) in [5.74, 6) is -1.38. The summed E-state index contributed by atoms with van der Waals surface area (Å²) < 4.78 is 38.6. The highest BCUT2D eigenvalue weighted by atomic mass is 127. The maximum absolute atomic E-state index is 11.8. The van der Waals surface area contributed by atoms with Gasteiger partial charge in [0.1, 0.15) is 3.57 Å². The van der Waals surface area contributed by atoms with Crippen LogP contribution < -0.4 is 10.3 Å². The maximum atomic E-state index is 11.8. The number of ether oxygens (including phenoxy) is 1. The summed E-state index contributed by atoms with van der Waals surface area (Å²) in [6.45, 7) is 0. The molecule has 1 rings (SSSR count). The van der Waals surface area contributed by atoms with E-state index in [1.54, 1.807) is 0 Å². The van der Waals surface area contributed by atoms with Crippen molar-refractivity contribution in [2.24, 2.45) is 0 Å². The molecule has 0 spiro atoms. The molecule has 2 N–H and O–H groups in total. The van der Waals surface area contributed by atoms with Gasteiger partial charge < -0.3 is 9.84 Å². The first-order chi connectivity index (χ1) is 6.29. The molecule has 8 heteroatoms. The molecule has 1 aromatic rings. The predicted molar refractivity (Wildman–Crippen MR) is 48.1 cm³/mol. The van der Waals surface area contributed by atoms with E-state index in [0.717, 1.165) is 0 Å². The van der Waals surface area contributed by atoms with Gasteiger partial charge in [0.2, 0.25) is 5.88 Å². The Morgan fingerprint density at radius 3 is 2.57 bits per heavy atom. The molecule has 78 valence electrons. The number of halogens is 4. The van der Waals surface area contributed by atoms with Crippen molar-refractivity contribution in [3.63, 3.8) is 0 Å². The van der Waals surface area contributed by atoms with Gasteiger partial charge in [-0.1, -0.05) is 0 Å². The molecule has 0 aromatic carbocycles. The van der Waals surface area contributed by atoms with Crippen LogP contribution >= 0.6 is 22.6 Å². The SMILES string of the molecule is O=c1cc(OC(F)(F)F)c(I)c(O)[nH]1. The van der Waals surface area contributed by atoms with Crippen LogP contribution in [0.1, 0.15) is 0 Å². The number of H-pyrrole nitrogens is 1. The van der Waals surface area contributed by atoms with Gasteiger partial charge in [-0.15, -0.1) is 13.2 Å². The summed E-state index contributed by atoms with van der Waals surface area (Å²) in [5.41, 5.74) is -0.873. The molecular weight excluding hydrogens is 318 g/mol. The lowest BCUT2D eigenvalue weighted by Gasteiger charge is -2.10. The summed E-state index contributed by atoms with van der Waals surface area (Å²) in [4.78, 5) is 12.6. The Bertz CT molecular complexity index is 400. The van der Waals surface area contributed by atoms with Crippen molar-refractivity contribution in [3.05, 3.63) is 20.0 Å². The van der Waals surface area contributed by atoms with Crippen molar-refractivity contribution in [2.75, 3.05) is 0 Å². The number of rotatable bonds is 1. The van der Waals surface area contributed by atoms with Crippen LogP contribution in [-0.4, -0.2) is 16.5 Å². The van der Waals surface area contributed by atoms with E-state index < -0.39 is 23.6 Å². The summed E-state index contributed by atoms with van der Waals surface area (Å²) in [6.07, 6.45) is -4.89. The minimum absolute atomic E-state index is 0.209. The van der Waals surface area contributed by atoms with Gasteiger partial charge in [0.15, 0.2) is 5.75 Å². The Labute approximate surface area is 88.8 Å². The zero-order valence-corrected chi connectivity index (χ0v) is 8.51. The van der Waals surface area contributed by atoms with Crippen LogP contribution in [0.4, 0.5) is 13.2 Å². The molecule has 4 nitrogen and oxygen atoms in total. The topological polar surface area (TPSA) is 62.3 Å². The molecule has 14 heavy (non-hydrogen) atoms. The summed E-state index contributed by atoms with van der Waals surface area (Å²) in [7, 11) is 0. The third-order valence-electron chi connectivity index (χ3n) is 1.15. The highest BCUT2D eigenvalue weighted by Gasteiger charge is 2.32. The van der Waals surface area contributed by atoms with Gasteiger partial charge in [0, 0.05) is 6.07 Å². The molecule has 0 atom stereocenters. The number of aromatic amines is 1. The normalized spacial score (nSPS) is 11.4. The third kappa shape index (κ3) is 2.79. The number of hydrogen-bond donors (Lipinski definition) is 2. The zero-order chi connectivity index (χ0) is 10.9. The van der Waals surface area contributed by atoms with Crippen LogP contribution in [0, 0.1) is 3.57 Å². The molecule has 0 amide bonds. The van der Waals surface area contributed by atoms with Crippen molar-refractivity contribution in [1.82, 2.24) is 4.98 Å². The van der Waals surface area contributed by atoms with E-state index >= 15 is 0 Å². The van der Waals surface area contributed by atoms with Crippen molar-refractivity contribution < 1.29 is 23.0 Å². The van der Waals surface area contributed by atoms with Crippen LogP contribution in [0.5, 0.6) is 11.6 Å². The first kappa shape index (κ1) is 11.1. The Morgan fingerprint density at radius 2 is 2.07 bits per heavy atom. The second kappa shape index (κ2) is 3.67. The van der Waals surface area contributed by atoms with E-state index in [0.29, 0.717) is 6.07 Å². The lowest BCUT2D eigenvalue weighted by Crippen LogP contribution is -2.19. The fourth-order valence-electron chi connectivity index (χ4n) is 0.706. The summed E-state index contributed by atoms with van der Waals surface area (Å²) in [5, 5.41) is 8.97. The van der Waals surface area contributed by atoms with E-state index in [4.69, 9.17) is 5.11 Å². The van der Waals surface area contributed by atoms with E-state index in [9.17, 15) is 18.0 Å². The van der Waals surface area contributed by atoms with Gasteiger partial charge in [-0.2, -0.15) is 0 Å². The van der Waals surface area contributed by atoms with Crippen molar-refractivity contribution in [2.45, 2.75) is 6.36 Å². The highest BCUT2D eigenvalue weighted by molar-refractivity contribution is 14.1. The lowest BCUT2D eigenvalue weighted by atomic mass is 10.4. The molecule has 0 unspecified atom stereocenters. The Hall–Kier alpha value is -0.930. The fraction of sp³-hybridized carbons (Fsp3) is 0.167. The highest BCUT2D eigenvalue weighted by Crippen LogP contribution is 2.29. The van der Waals surface area contributed by atoms with Crippen LogP contribution in [-0.2, 0) is 0 Å². The van der Waals surface area contributed by atoms with Crippen molar-refractivity contribution in [3.8, 4) is 11.6 Å². The predicted octanol–water partition coefficient (Wildman–Crippen LogP) is 1.58. The largest absolute Gasteiger partial charge is 0.573 e. The van der Waals surface area contributed by atoms with Gasteiger partial charge in [-0.3, -0.25) is 9.78 Å². The number of aromatic nitrogens is 1. The standard InChI is InChI=1S/C6H3F3INO3/c7-6(8,9)14-2-1-3(12)11-5(13)4(2)10/h1H,(H2,11,12,13). The minimum atomic E-state index is -4.89. The molecule has 0 aliphatic carbocycles. The second-order valence-electron chi connectivity index (χ2n) is 2.21. The smallest absolute Gasteiger partial charge is 0.494 e. The van der Waals surface area contributed by atoms with E-state index in [2.05, 4.69) is 4.74 Å². The lowest BCUT2D eigenvalue weighted by molar-refractivity contribution is -0.275. The van der Waals surface area contributed by atoms with E-state index in [-0.39, 0.29) is 3.57 Å². The number of nitrogens with one attached hydrogen (secondary N) is 1. The number of aromatic hydroxyl groups is 1. The van der Waals surface area contributed by atoms with Crippen molar-refractivity contribution >= 4 is 22.6 Å². The molecule has 0 aliphatic heterocycles. The van der Waals surface area contributed by atoms with E-state index in [1.807, 2.05) is 4.98 Å². The summed E-state index contributed by atoms with van der Waals surface area (Å²) in [6, 6.07) is 0.606. The minimum Gasteiger partial charge on any atom is -0.494 e. The molecule has 0 radical (unpaired) electrons. The summed E-state index contributed by atoms with van der Waals surface area (Å²) >= 11 is 1.42. The molecule has 0 saturated carbocycles. The van der Waals surface area contributed by atoms with E-state index in [1.165, 1.54) is 22.6 Å². The fourth-order valence-corrected chi connectivity index (χ4v) is 1.11. The van der Waals surface area contributed by atoms with Crippen LogP contribution in [0.2, 0.25) is 0 Å². The molecule has 1 heterocycles. The van der Waals surface area contributed by atoms with Gasteiger partial charge >= 0.3 is 6.36 Å². The maximum Gasteiger partial charge on any atom is 0.573 e. The van der Waals surface area contributed by atoms with Gasteiger partial charge in [0.25, 0.3) is 5.56 Å². The molecule has 0 saturated heterocycles. The van der Waals surface area contributed by atoms with Crippen LogP contribution in [0.25, 0.3) is 0 Å². The second-order valence-corrected chi connectivity index (χ2v) is 3.29. The van der Waals surface area contributed by atoms with Crippen molar-refractivity contribution in [1.29, 1.82) is 0 Å². The zero-order valence-electron chi connectivity index (χ0n) is 6.35. The molecule has 0 fully saturated rings. The van der Waals surface area contributed by atoms with Gasteiger partial charge in [-0.05, 0) is 22.6 Å². The average molecular weight is 321 g/mol. The first-order valence-electron chi connectivity index (χ1n) is 3.17. The first-order valence-corrected chi connectivity index (χ1v) is 4.25. The number of alkyl halides is 3. The quantitative estimate of drug-likeness (QED) is 0.772. The monoisotopic (exact) mass is 321 g/mol. The Kier molecular flexibility index (Phi) is 2.92. The molecule has 0 aliphatic rings. The van der Waals surface area contributed by atoms with Crippen LogP contribution in [0.15, 0.2) is 10.9 Å². The van der Waals surface area contributed by atoms with Crippen LogP contribution in [0.3, 0.4) is 0 Å². The molecule has 0 bridgehead atoms. The Balaban J connectivity index is 3.15. The molecular formula is C6H3F3INO3. The Morgan fingerprint density at radius 1 is 1.50 bits per heavy atom. The van der Waals surface area contributed by atoms with Gasteiger partial charge in [-0.25, -0.2) is 0 Å². The van der Waals surface area contributed by atoms with Gasteiger partial charge in [0.05, 0.1) is 0 Å². The molecule has 1 aromatic heterocycles. The third-order valence-corrected chi connectivity index (χ3v) is 2.20. The average Bonchev–Trinajstić information content (AvgIpc) is 1.96. The number of hydrogen-bond acceptors (Lipinski definition) is 3.